The first kappa shape index (κ1) is 86.0. The average molecular weight is 1700 g/mol. The first-order valence-corrected chi connectivity index (χ1v) is 38.9. The van der Waals surface area contributed by atoms with Crippen LogP contribution in [0.3, 0.4) is 0 Å². The van der Waals surface area contributed by atoms with Crippen LogP contribution in [0, 0.1) is 0 Å². The molecule has 7 amide bonds. The first-order chi connectivity index (χ1) is 57.3. The number of aliphatic hydroxyl groups is 7. The molecule has 17 bridgehead atoms. The molecule has 7 aromatic rings. The van der Waals surface area contributed by atoms with Crippen LogP contribution < -0.4 is 66.6 Å². The van der Waals surface area contributed by atoms with Crippen molar-refractivity contribution in [2.24, 2.45) is 5.73 Å². The highest BCUT2D eigenvalue weighted by Gasteiger charge is 2.51. The Morgan fingerprint density at radius 3 is 1.85 bits per heavy atom. The van der Waals surface area contributed by atoms with Crippen LogP contribution in [0.25, 0.3) is 11.1 Å². The van der Waals surface area contributed by atoms with Gasteiger partial charge >= 0.3 is 11.9 Å². The van der Waals surface area contributed by atoms with E-state index < -0.39 is 277 Å². The minimum Gasteiger partial charge on any atom is -0.508 e. The number of phenolic OH excluding ortho intramolecular Hbond substituents is 4. The highest BCUT2D eigenvalue weighted by atomic mass is 35.5. The van der Waals surface area contributed by atoms with Gasteiger partial charge in [0.2, 0.25) is 59.7 Å². The second-order valence-electron chi connectivity index (χ2n) is 29.5. The molecule has 2 fully saturated rings. The molecule has 0 aliphatic carbocycles. The maximum Gasteiger partial charge on any atom is 0.335 e. The zero-order chi connectivity index (χ0) is 86.0. The predicted octanol–water partition coefficient (Wildman–Crippen LogP) is 3.68. The predicted molar refractivity (Wildman–Crippen MR) is 414 cm³/mol. The van der Waals surface area contributed by atoms with E-state index in [0.29, 0.717) is 12.8 Å². The number of carbonyl (C=O) groups is 9. The van der Waals surface area contributed by atoms with E-state index >= 15 is 24.0 Å². The molecule has 37 nitrogen and oxygen atoms in total. The highest BCUT2D eigenvalue weighted by molar-refractivity contribution is 6.33. The molecule has 120 heavy (non-hydrogen) atoms. The molecule has 39 heteroatoms. The summed E-state index contributed by atoms with van der Waals surface area (Å²) in [6.07, 6.45) is -15.3. The van der Waals surface area contributed by atoms with Crippen molar-refractivity contribution >= 4 is 76.5 Å². The van der Waals surface area contributed by atoms with E-state index in [1.165, 1.54) is 36.4 Å². The van der Waals surface area contributed by atoms with E-state index in [1.54, 1.807) is 0 Å². The molecule has 0 spiro atoms. The van der Waals surface area contributed by atoms with Crippen LogP contribution in [-0.2, 0) is 59.0 Å². The van der Waals surface area contributed by atoms with Crippen LogP contribution in [0.2, 0.25) is 10.0 Å². The minimum atomic E-state index is -2.47. The Morgan fingerprint density at radius 1 is 0.525 bits per heavy atom. The monoisotopic (exact) mass is 1700 g/mol. The van der Waals surface area contributed by atoms with Crippen molar-refractivity contribution in [2.45, 2.75) is 181 Å². The molecule has 22 N–H and O–H groups in total. The second-order valence-corrected chi connectivity index (χ2v) is 30.3. The van der Waals surface area contributed by atoms with E-state index in [9.17, 15) is 85.6 Å². The molecule has 8 aliphatic heterocycles. The van der Waals surface area contributed by atoms with Gasteiger partial charge in [-0.05, 0) is 107 Å². The van der Waals surface area contributed by atoms with Crippen molar-refractivity contribution in [3.8, 4) is 80.1 Å². The number of aromatic hydroxyl groups is 4. The van der Waals surface area contributed by atoms with Gasteiger partial charge in [0.1, 0.15) is 125 Å². The number of phenols is 4. The fourth-order valence-corrected chi connectivity index (χ4v) is 15.2. The zero-order valence-electron chi connectivity index (χ0n) is 63.3. The Hall–Kier alpha value is -11.8. The normalized spacial score (nSPS) is 26.7. The van der Waals surface area contributed by atoms with Crippen LogP contribution in [0.15, 0.2) is 115 Å². The van der Waals surface area contributed by atoms with Gasteiger partial charge < -0.3 is 142 Å². The number of carboxylic acid groups (broad SMARTS) is 2. The summed E-state index contributed by atoms with van der Waals surface area (Å²) in [6, 6.07) is 3.60. The average Bonchev–Trinajstić information content (AvgIpc) is 0.716. The number of carboxylic acids is 2. The lowest BCUT2D eigenvalue weighted by molar-refractivity contribution is -0.277. The number of unbranched alkanes of at least 4 members (excludes halogenated alkanes) is 7. The fraction of sp³-hybridized carbons (Fsp3) is 0.370. The fourth-order valence-electron chi connectivity index (χ4n) is 14.8. The Bertz CT molecular complexity index is 5140. The molecule has 2 saturated heterocycles. The van der Waals surface area contributed by atoms with E-state index in [0.717, 1.165) is 117 Å². The number of hydrogen-bond acceptors (Lipinski definition) is 28. The number of nitrogens with one attached hydrogen (secondary N) is 7. The van der Waals surface area contributed by atoms with Crippen LogP contribution in [0.5, 0.6) is 69.0 Å². The first-order valence-electron chi connectivity index (χ1n) is 38.1. The Balaban J connectivity index is 1.04. The Morgan fingerprint density at radius 2 is 1.16 bits per heavy atom. The van der Waals surface area contributed by atoms with Crippen LogP contribution in [0.4, 0.5) is 0 Å². The quantitative estimate of drug-likeness (QED) is 0.0578. The maximum atomic E-state index is 16.6. The smallest absolute Gasteiger partial charge is 0.335 e. The van der Waals surface area contributed by atoms with Crippen LogP contribution in [0.1, 0.15) is 140 Å². The lowest BCUT2D eigenvalue weighted by Gasteiger charge is -2.41. The molecule has 0 radical (unpaired) electrons. The molecular weight excluding hydrogens is 1620 g/mol. The molecule has 636 valence electrons. The summed E-state index contributed by atoms with van der Waals surface area (Å²) < 4.78 is 43.8. The van der Waals surface area contributed by atoms with Gasteiger partial charge in [0, 0.05) is 47.2 Å². The molecular formula is C81H84Cl2N8O29. The standard InChI is InChI=1S/C81H84Cl2N8O29/c1-2-3-4-5-6-7-8-9-10-54(97)86-63-66(100)68(102)71(79(112)113)120-80(63)119-70-51-25-36-26-52(70)116-48-20-15-35(23-43(48)82)64(98)62-77(109)90-61(78(110)111)41-27-37(93)28-50(117-81-69(103)67(101)65(99)53(31-92)118-81)55(41)40-22-34(14-18-45(40)94)58(74(106)91-62)87-75(107)59(36)88-76(108)60-42-29-39(30-47(96)56(42)83)115-49-24-33(13-19-46(49)95)57(84)73(105)85-44(72(104)89-60)21-32-11-16-38(114-51)17-12-32/h11-20,22-30,44,53,57-69,71,80-81,92-96,98-103H,2-10,21,31,84H2,1H3,(H,85,105)(H,86,97)(H,87,107)(H,88,108)(H,89,104)(H,90,109)(H,91,106)(H,110,111)(H,112,113)/t44-,53-,57-,58-,59-,60+,61?,62+,63-,64-,65-,66-,67?,68+,69+,71-,80-,81+/m1/s1. The van der Waals surface area contributed by atoms with Gasteiger partial charge in [-0.3, -0.25) is 33.6 Å². The number of halogens is 2. The van der Waals surface area contributed by atoms with Crippen molar-refractivity contribution in [1.29, 1.82) is 0 Å². The van der Waals surface area contributed by atoms with Gasteiger partial charge in [0.25, 0.3) is 0 Å². The summed E-state index contributed by atoms with van der Waals surface area (Å²) in [4.78, 5) is 135. The summed E-state index contributed by atoms with van der Waals surface area (Å²) in [5.41, 5.74) is 3.05. The summed E-state index contributed by atoms with van der Waals surface area (Å²) in [7, 11) is 0. The van der Waals surface area contributed by atoms with E-state index in [2.05, 4.69) is 44.1 Å². The number of aliphatic carboxylic acids is 2. The summed E-state index contributed by atoms with van der Waals surface area (Å²) in [5, 5.41) is 164. The molecule has 0 aromatic heterocycles. The molecule has 18 atom stereocenters. The number of aliphatic hydroxyl groups excluding tert-OH is 7. The molecule has 8 heterocycles. The van der Waals surface area contributed by atoms with Crippen molar-refractivity contribution in [2.75, 3.05) is 6.61 Å². The Kier molecular flexibility index (Phi) is 26.1. The maximum absolute atomic E-state index is 16.6. The number of amides is 7. The Labute approximate surface area is 690 Å². The molecule has 2 unspecified atom stereocenters. The number of nitrogens with two attached hydrogens (primary N) is 1. The lowest BCUT2D eigenvalue weighted by Crippen LogP contribution is -2.66. The van der Waals surface area contributed by atoms with Crippen molar-refractivity contribution in [1.82, 2.24) is 37.2 Å². The largest absolute Gasteiger partial charge is 0.508 e. The summed E-state index contributed by atoms with van der Waals surface area (Å²) in [6.45, 7) is 1.09. The van der Waals surface area contributed by atoms with Gasteiger partial charge in [-0.2, -0.15) is 0 Å². The van der Waals surface area contributed by atoms with Gasteiger partial charge in [0.15, 0.2) is 35.1 Å². The third-order valence-corrected chi connectivity index (χ3v) is 21.9. The minimum absolute atomic E-state index is 0.0357. The lowest BCUT2D eigenvalue weighted by atomic mass is 9.89. The van der Waals surface area contributed by atoms with Gasteiger partial charge in [0.05, 0.1) is 16.7 Å². The van der Waals surface area contributed by atoms with E-state index in [4.69, 9.17) is 62.1 Å². The summed E-state index contributed by atoms with van der Waals surface area (Å²) >= 11 is 14.1. The highest BCUT2D eigenvalue weighted by Crippen LogP contribution is 2.50. The number of hydrogen-bond donors (Lipinski definition) is 21. The number of fused-ring (bicyclic) bond motifs is 14. The van der Waals surface area contributed by atoms with Crippen molar-refractivity contribution < 1.29 is 143 Å². The van der Waals surface area contributed by atoms with E-state index in [1.807, 2.05) is 0 Å². The second kappa shape index (κ2) is 36.4. The third-order valence-electron chi connectivity index (χ3n) is 21.2. The van der Waals surface area contributed by atoms with Gasteiger partial charge in [-0.1, -0.05) is 105 Å². The number of rotatable bonds is 17. The summed E-state index contributed by atoms with van der Waals surface area (Å²) in [5.74, 6) is -19.9. The zero-order valence-corrected chi connectivity index (χ0v) is 64.8. The van der Waals surface area contributed by atoms with Crippen molar-refractivity contribution in [3.63, 3.8) is 0 Å². The SMILES string of the molecule is CCCCCCCCCCC(=O)N[C@H]1[C@H](Oc2c3cc4cc2Oc2ccc(cc2Cl)[C@@H](O)[C@@H]2NC(=O)[C@H](NC(=O)[C@@H]4NC(=O)[C@H]4NC(=O)[C@@H](Cc5ccc(cc5)O3)NC(=O)[C@H](N)c3ccc(O)c(c3)Oc3cc(O)c(Cl)c4c3)c3ccc(O)c(c3)-c3c(O[C@H]4O[C@H](CO)[C@@H](O)C(O)[C@@H]4O)cc(O)cc3C(C(=O)O)NC2=O)O[C@@H](C(=O)O)[C@@H](O)[C@@H]1O. The van der Waals surface area contributed by atoms with Crippen LogP contribution >= 0.6 is 23.2 Å². The molecule has 8 aliphatic rings. The third kappa shape index (κ3) is 18.3. The van der Waals surface area contributed by atoms with Crippen LogP contribution in [-0.4, -0.2) is 200 Å². The number of benzene rings is 7. The topological polar surface area (TPSA) is 591 Å². The molecule has 15 rings (SSSR count). The molecule has 0 saturated carbocycles. The molecule has 7 aromatic carbocycles. The number of ether oxygens (including phenoxy) is 7. The number of carbonyl (C=O) groups excluding carboxylic acids is 7. The van der Waals surface area contributed by atoms with Crippen molar-refractivity contribution in [3.05, 3.63) is 164 Å². The van der Waals surface area contributed by atoms with Gasteiger partial charge in [-0.25, -0.2) is 9.59 Å². The van der Waals surface area contributed by atoms with Gasteiger partial charge in [-0.15, -0.1) is 0 Å². The van der Waals surface area contributed by atoms with E-state index in [-0.39, 0.29) is 34.6 Å².